The monoisotopic (exact) mass is 490 g/mol. The largest absolute Gasteiger partial charge is 0.319 e. The number of rotatable bonds is 3. The van der Waals surface area contributed by atoms with Gasteiger partial charge in [0.25, 0.3) is 0 Å². The summed E-state index contributed by atoms with van der Waals surface area (Å²) in [7, 11) is 2.16. The second kappa shape index (κ2) is 12.8. The van der Waals surface area contributed by atoms with Crippen LogP contribution in [-0.2, 0) is 0 Å². The fourth-order valence-electron chi connectivity index (χ4n) is 9.20. The first-order valence-corrected chi connectivity index (χ1v) is 15.1. The van der Waals surface area contributed by atoms with Crippen LogP contribution in [0.25, 0.3) is 6.08 Å². The predicted octanol–water partition coefficient (Wildman–Crippen LogP) is 9.12. The molecule has 5 rings (SSSR count). The first kappa shape index (κ1) is 29.0. The van der Waals surface area contributed by atoms with Crippen molar-refractivity contribution < 1.29 is 0 Å². The van der Waals surface area contributed by atoms with Crippen LogP contribution in [-0.4, -0.2) is 13.6 Å². The van der Waals surface area contributed by atoms with Gasteiger partial charge in [-0.3, -0.25) is 0 Å². The highest BCUT2D eigenvalue weighted by molar-refractivity contribution is 5.48. The molecule has 0 radical (unpaired) electrons. The molecule has 0 saturated heterocycles. The molecule has 1 aromatic carbocycles. The van der Waals surface area contributed by atoms with Gasteiger partial charge in [0, 0.05) is 0 Å². The number of fused-ring (bicyclic) bond motifs is 5. The summed E-state index contributed by atoms with van der Waals surface area (Å²) in [5.41, 5.74) is 3.05. The van der Waals surface area contributed by atoms with Crippen LogP contribution in [0.5, 0.6) is 0 Å². The molecule has 0 aliphatic heterocycles. The Balaban J connectivity index is 0.000000253. The van der Waals surface area contributed by atoms with Gasteiger partial charge in [-0.25, -0.2) is 0 Å². The molecule has 36 heavy (non-hydrogen) atoms. The Morgan fingerprint density at radius 3 is 2.28 bits per heavy atom. The topological polar surface area (TPSA) is 35.8 Å². The van der Waals surface area contributed by atoms with Crippen LogP contribution in [0, 0.1) is 57.7 Å². The van der Waals surface area contributed by atoms with E-state index in [-0.39, 0.29) is 0 Å². The Morgan fingerprint density at radius 1 is 0.972 bits per heavy atom. The summed E-state index contributed by atoms with van der Waals surface area (Å²) in [5, 5.41) is 11.9. The molecule has 2 heteroatoms. The van der Waals surface area contributed by atoms with Gasteiger partial charge < -0.3 is 5.32 Å². The maximum atomic E-state index is 8.43. The summed E-state index contributed by atoms with van der Waals surface area (Å²) in [5.74, 6) is 6.14. The molecule has 4 aliphatic carbocycles. The first-order valence-electron chi connectivity index (χ1n) is 15.1. The molecule has 0 spiro atoms. The maximum Gasteiger partial charge on any atom is 0.0991 e. The van der Waals surface area contributed by atoms with E-state index in [0.717, 1.165) is 41.1 Å². The third-order valence-corrected chi connectivity index (χ3v) is 10.9. The minimum atomic E-state index is 0.637. The van der Waals surface area contributed by atoms with Crippen molar-refractivity contribution in [1.82, 2.24) is 5.32 Å². The second-order valence-corrected chi connectivity index (χ2v) is 12.8. The van der Waals surface area contributed by atoms with Crippen LogP contribution in [0.4, 0.5) is 0 Å². The summed E-state index contributed by atoms with van der Waals surface area (Å²) < 4.78 is 0. The van der Waals surface area contributed by atoms with Crippen LogP contribution in [0.2, 0.25) is 0 Å². The molecule has 0 aromatic heterocycles. The molecule has 8 unspecified atom stereocenters. The number of nitrogens with one attached hydrogen (secondary N) is 1. The number of benzene rings is 1. The van der Waals surface area contributed by atoms with Crippen molar-refractivity contribution in [3.63, 3.8) is 0 Å². The van der Waals surface area contributed by atoms with Gasteiger partial charge in [-0.1, -0.05) is 72.2 Å². The molecule has 1 aromatic rings. The van der Waals surface area contributed by atoms with Crippen molar-refractivity contribution in [1.29, 1.82) is 5.26 Å². The Bertz CT molecular complexity index is 864. The zero-order valence-electron chi connectivity index (χ0n) is 24.3. The van der Waals surface area contributed by atoms with Gasteiger partial charge in [-0.15, -0.1) is 0 Å². The highest BCUT2D eigenvalue weighted by Gasteiger charge is 2.57. The standard InChI is InChI=1S/C23H41N.C9H7N.C2H6/c1-16-8-9-20-18-11-13-23(3)17(15-24-4)6-5-7-21(23)19(18)10-12-22(20,2)14-16;1-2-8-3-5-9(7-10)6-4-8;1-2/h16-21,24H,5-15H2,1-4H3;2-6H,1H2;1-2H3. The zero-order chi connectivity index (χ0) is 26.3. The normalized spacial score (nSPS) is 38.8. The van der Waals surface area contributed by atoms with E-state index in [9.17, 15) is 0 Å². The smallest absolute Gasteiger partial charge is 0.0991 e. The Labute approximate surface area is 223 Å². The molecule has 4 aliphatic rings. The molecule has 0 bridgehead atoms. The second-order valence-electron chi connectivity index (χ2n) is 12.8. The SMILES string of the molecule is C=Cc1ccc(C#N)cc1.CC.CNCC1CCCC2C3CCC4(C)CC(C)CCC4C3CCC12C. The Morgan fingerprint density at radius 2 is 1.64 bits per heavy atom. The summed E-state index contributed by atoms with van der Waals surface area (Å²) in [4.78, 5) is 0. The van der Waals surface area contributed by atoms with Gasteiger partial charge in [0.1, 0.15) is 0 Å². The number of hydrogen-bond acceptors (Lipinski definition) is 2. The molecule has 4 saturated carbocycles. The molecule has 8 atom stereocenters. The number of nitrogens with zero attached hydrogens (tertiary/aromatic N) is 1. The Kier molecular flexibility index (Phi) is 10.3. The molecule has 0 heterocycles. The van der Waals surface area contributed by atoms with E-state index >= 15 is 0 Å². The lowest BCUT2D eigenvalue weighted by Crippen LogP contribution is -2.55. The molecular weight excluding hydrogens is 436 g/mol. The highest BCUT2D eigenvalue weighted by atomic mass is 14.8. The van der Waals surface area contributed by atoms with E-state index in [4.69, 9.17) is 5.26 Å². The van der Waals surface area contributed by atoms with Crippen LogP contribution in [0.3, 0.4) is 0 Å². The summed E-state index contributed by atoms with van der Waals surface area (Å²) in [6.45, 7) is 16.7. The van der Waals surface area contributed by atoms with Crippen molar-refractivity contribution in [3.8, 4) is 6.07 Å². The lowest BCUT2D eigenvalue weighted by Gasteiger charge is -2.63. The number of nitriles is 1. The van der Waals surface area contributed by atoms with Crippen LogP contribution in [0.15, 0.2) is 30.8 Å². The minimum absolute atomic E-state index is 0.637. The van der Waals surface area contributed by atoms with Gasteiger partial charge in [-0.2, -0.15) is 5.26 Å². The minimum Gasteiger partial charge on any atom is -0.319 e. The van der Waals surface area contributed by atoms with E-state index < -0.39 is 0 Å². The van der Waals surface area contributed by atoms with Crippen LogP contribution < -0.4 is 5.32 Å². The van der Waals surface area contributed by atoms with E-state index in [1.54, 1.807) is 37.5 Å². The molecule has 2 nitrogen and oxygen atoms in total. The lowest BCUT2D eigenvalue weighted by atomic mass is 9.42. The lowest BCUT2D eigenvalue weighted by molar-refractivity contribution is -0.132. The Hall–Kier alpha value is -1.59. The van der Waals surface area contributed by atoms with Gasteiger partial charge in [0.05, 0.1) is 11.6 Å². The fraction of sp³-hybridized carbons (Fsp3) is 0.735. The van der Waals surface area contributed by atoms with E-state index in [2.05, 4.69) is 39.7 Å². The van der Waals surface area contributed by atoms with Gasteiger partial charge in [0.2, 0.25) is 0 Å². The zero-order valence-corrected chi connectivity index (χ0v) is 24.3. The maximum absolute atomic E-state index is 8.43. The van der Waals surface area contributed by atoms with Crippen LogP contribution >= 0.6 is 0 Å². The summed E-state index contributed by atoms with van der Waals surface area (Å²) in [6, 6.07) is 9.33. The van der Waals surface area contributed by atoms with Crippen molar-refractivity contribution in [2.45, 2.75) is 98.8 Å². The van der Waals surface area contributed by atoms with Gasteiger partial charge in [0.15, 0.2) is 0 Å². The summed E-state index contributed by atoms with van der Waals surface area (Å²) >= 11 is 0. The van der Waals surface area contributed by atoms with Crippen LogP contribution in [0.1, 0.15) is 110 Å². The van der Waals surface area contributed by atoms with Crippen molar-refractivity contribution in [2.75, 3.05) is 13.6 Å². The predicted molar refractivity (Wildman–Crippen MR) is 156 cm³/mol. The third-order valence-electron chi connectivity index (χ3n) is 10.9. The average molecular weight is 491 g/mol. The molecule has 1 N–H and O–H groups in total. The summed E-state index contributed by atoms with van der Waals surface area (Å²) in [6.07, 6.45) is 17.0. The highest BCUT2D eigenvalue weighted by Crippen LogP contribution is 2.65. The first-order chi connectivity index (χ1) is 17.3. The van der Waals surface area contributed by atoms with E-state index in [1.165, 1.54) is 51.5 Å². The van der Waals surface area contributed by atoms with E-state index in [1.807, 2.05) is 32.0 Å². The molecular formula is C34H54N2. The van der Waals surface area contributed by atoms with Gasteiger partial charge >= 0.3 is 0 Å². The van der Waals surface area contributed by atoms with Crippen molar-refractivity contribution in [3.05, 3.63) is 42.0 Å². The quantitative estimate of drug-likeness (QED) is 0.458. The van der Waals surface area contributed by atoms with Gasteiger partial charge in [-0.05, 0) is 129 Å². The molecule has 200 valence electrons. The third kappa shape index (κ3) is 5.93. The van der Waals surface area contributed by atoms with Crippen molar-refractivity contribution in [2.24, 2.45) is 46.3 Å². The van der Waals surface area contributed by atoms with E-state index in [0.29, 0.717) is 16.4 Å². The van der Waals surface area contributed by atoms with Crippen molar-refractivity contribution >= 4 is 6.08 Å². The molecule has 4 fully saturated rings. The fourth-order valence-corrected chi connectivity index (χ4v) is 9.20. The molecule has 0 amide bonds. The number of hydrogen-bond donors (Lipinski definition) is 1. The average Bonchev–Trinajstić information content (AvgIpc) is 2.90.